The lowest BCUT2D eigenvalue weighted by atomic mass is 9.85. The zero-order chi connectivity index (χ0) is 15.6. The van der Waals surface area contributed by atoms with E-state index < -0.39 is 17.4 Å². The fraction of sp³-hybridized carbons (Fsp3) is 0.571. The highest BCUT2D eigenvalue weighted by Crippen LogP contribution is 2.29. The quantitative estimate of drug-likeness (QED) is 0.890. The number of aliphatic carboxylic acids is 1. The van der Waals surface area contributed by atoms with E-state index in [1.165, 1.54) is 0 Å². The summed E-state index contributed by atoms with van der Waals surface area (Å²) in [7, 11) is 1.70. The molecule has 1 saturated heterocycles. The van der Waals surface area contributed by atoms with E-state index in [0.29, 0.717) is 0 Å². The number of thiophene rings is 1. The van der Waals surface area contributed by atoms with Gasteiger partial charge in [-0.05, 0) is 25.3 Å². The Bertz CT molecular complexity index is 519. The normalized spacial score (nSPS) is 26.3. The van der Waals surface area contributed by atoms with Gasteiger partial charge in [-0.25, -0.2) is 4.79 Å². The van der Waals surface area contributed by atoms with Crippen LogP contribution >= 0.6 is 11.3 Å². The van der Waals surface area contributed by atoms with Crippen LogP contribution in [0.1, 0.15) is 24.8 Å². The van der Waals surface area contributed by atoms with Gasteiger partial charge in [0, 0.05) is 11.9 Å². The lowest BCUT2D eigenvalue weighted by Gasteiger charge is -2.30. The van der Waals surface area contributed by atoms with Gasteiger partial charge in [-0.1, -0.05) is 6.07 Å². The first-order valence-corrected chi connectivity index (χ1v) is 7.62. The molecule has 3 atom stereocenters. The molecule has 0 radical (unpaired) electrons. The average Bonchev–Trinajstić information content (AvgIpc) is 3.08. The van der Waals surface area contributed by atoms with Gasteiger partial charge >= 0.3 is 12.0 Å². The van der Waals surface area contributed by atoms with Crippen molar-refractivity contribution in [2.24, 2.45) is 5.41 Å². The van der Waals surface area contributed by atoms with Crippen molar-refractivity contribution in [1.82, 2.24) is 10.2 Å². The minimum atomic E-state index is -1.08. The van der Waals surface area contributed by atoms with Crippen LogP contribution in [0, 0.1) is 5.41 Å². The highest BCUT2D eigenvalue weighted by Gasteiger charge is 2.47. The van der Waals surface area contributed by atoms with Gasteiger partial charge in [-0.3, -0.25) is 4.79 Å². The number of nitrogens with one attached hydrogen (secondary N) is 1. The lowest BCUT2D eigenvalue weighted by molar-refractivity contribution is -0.148. The number of carboxylic acid groups (broad SMARTS) is 1. The van der Waals surface area contributed by atoms with Crippen molar-refractivity contribution in [3.05, 3.63) is 22.4 Å². The van der Waals surface area contributed by atoms with Gasteiger partial charge in [0.05, 0.1) is 25.3 Å². The van der Waals surface area contributed by atoms with Crippen LogP contribution in [0.15, 0.2) is 17.5 Å². The Balaban J connectivity index is 2.02. The monoisotopic (exact) mass is 312 g/mol. The molecule has 2 rings (SSSR count). The molecule has 2 heterocycles. The van der Waals surface area contributed by atoms with Crippen LogP contribution in [0.25, 0.3) is 0 Å². The summed E-state index contributed by atoms with van der Waals surface area (Å²) >= 11 is 1.58. The Kier molecular flexibility index (Phi) is 4.53. The maximum Gasteiger partial charge on any atom is 0.318 e. The second kappa shape index (κ2) is 6.03. The number of hydrogen-bond acceptors (Lipinski definition) is 4. The number of rotatable bonds is 4. The Morgan fingerprint density at radius 2 is 2.33 bits per heavy atom. The molecule has 116 valence electrons. The molecule has 1 aromatic heterocycles. The molecule has 1 fully saturated rings. The maximum atomic E-state index is 12.3. The van der Waals surface area contributed by atoms with Gasteiger partial charge in [0.2, 0.25) is 0 Å². The second-order valence-corrected chi connectivity index (χ2v) is 6.52. The molecule has 6 nitrogen and oxygen atoms in total. The molecule has 0 aliphatic carbocycles. The van der Waals surface area contributed by atoms with Crippen LogP contribution in [-0.2, 0) is 9.53 Å². The smallest absolute Gasteiger partial charge is 0.318 e. The van der Waals surface area contributed by atoms with E-state index in [1.54, 1.807) is 30.2 Å². The minimum Gasteiger partial charge on any atom is -0.481 e. The molecule has 0 saturated carbocycles. The third-order valence-electron chi connectivity index (χ3n) is 4.10. The summed E-state index contributed by atoms with van der Waals surface area (Å²) in [5.41, 5.74) is -1.08. The number of hydrogen-bond donors (Lipinski definition) is 2. The predicted molar refractivity (Wildman–Crippen MR) is 79.4 cm³/mol. The van der Waals surface area contributed by atoms with Crippen molar-refractivity contribution >= 4 is 23.3 Å². The Morgan fingerprint density at radius 1 is 1.62 bits per heavy atom. The van der Waals surface area contributed by atoms with E-state index in [9.17, 15) is 14.7 Å². The van der Waals surface area contributed by atoms with Gasteiger partial charge in [0.1, 0.15) is 5.41 Å². The van der Waals surface area contributed by atoms with Gasteiger partial charge < -0.3 is 20.1 Å². The second-order valence-electron chi connectivity index (χ2n) is 5.54. The molecule has 0 aromatic carbocycles. The molecule has 7 heteroatoms. The first-order valence-electron chi connectivity index (χ1n) is 6.74. The van der Waals surface area contributed by atoms with Crippen LogP contribution in [0.4, 0.5) is 4.79 Å². The molecule has 2 N–H and O–H groups in total. The summed E-state index contributed by atoms with van der Waals surface area (Å²) < 4.78 is 5.24. The Morgan fingerprint density at radius 3 is 2.90 bits per heavy atom. The molecular weight excluding hydrogens is 292 g/mol. The summed E-state index contributed by atoms with van der Waals surface area (Å²) in [5.74, 6) is -0.959. The molecule has 0 bridgehead atoms. The maximum absolute atomic E-state index is 12.3. The van der Waals surface area contributed by atoms with Gasteiger partial charge in [-0.15, -0.1) is 11.3 Å². The number of carbonyl (C=O) groups is 2. The highest BCUT2D eigenvalue weighted by atomic mass is 32.1. The third kappa shape index (κ3) is 3.03. The van der Waals surface area contributed by atoms with Crippen molar-refractivity contribution in [3.63, 3.8) is 0 Å². The largest absolute Gasteiger partial charge is 0.481 e. The van der Waals surface area contributed by atoms with Crippen LogP contribution in [0.3, 0.4) is 0 Å². The van der Waals surface area contributed by atoms with E-state index >= 15 is 0 Å². The fourth-order valence-electron chi connectivity index (χ4n) is 2.23. The predicted octanol–water partition coefficient (Wildman–Crippen LogP) is 1.94. The molecular formula is C14H20N2O4S. The first kappa shape index (κ1) is 15.8. The first-order chi connectivity index (χ1) is 9.86. The molecule has 1 aliphatic rings. The summed E-state index contributed by atoms with van der Waals surface area (Å²) in [6.07, 6.45) is 0. The number of nitrogens with zero attached hydrogens (tertiary/aromatic N) is 1. The highest BCUT2D eigenvalue weighted by molar-refractivity contribution is 7.10. The molecule has 0 spiro atoms. The van der Waals surface area contributed by atoms with Crippen molar-refractivity contribution in [2.75, 3.05) is 20.3 Å². The van der Waals surface area contributed by atoms with E-state index in [2.05, 4.69) is 5.32 Å². The number of carboxylic acids is 1. The zero-order valence-electron chi connectivity index (χ0n) is 12.3. The SMILES string of the molecule is CC(c1cccs1)N(C)C(=O)NC1COCC1(C)C(=O)O. The van der Waals surface area contributed by atoms with Crippen LogP contribution < -0.4 is 5.32 Å². The van der Waals surface area contributed by atoms with Crippen molar-refractivity contribution in [3.8, 4) is 0 Å². The Labute approximate surface area is 127 Å². The van der Waals surface area contributed by atoms with Crippen molar-refractivity contribution in [1.29, 1.82) is 0 Å². The number of urea groups is 1. The third-order valence-corrected chi connectivity index (χ3v) is 5.14. The van der Waals surface area contributed by atoms with Gasteiger partial charge in [0.15, 0.2) is 0 Å². The number of carbonyl (C=O) groups excluding carboxylic acids is 1. The average molecular weight is 312 g/mol. The molecule has 21 heavy (non-hydrogen) atoms. The van der Waals surface area contributed by atoms with E-state index in [1.807, 2.05) is 24.4 Å². The van der Waals surface area contributed by atoms with Crippen molar-refractivity contribution < 1.29 is 19.4 Å². The lowest BCUT2D eigenvalue weighted by Crippen LogP contribution is -2.52. The summed E-state index contributed by atoms with van der Waals surface area (Å²) in [6, 6.07) is 3.02. The van der Waals surface area contributed by atoms with E-state index in [0.717, 1.165) is 4.88 Å². The summed E-state index contributed by atoms with van der Waals surface area (Å²) in [4.78, 5) is 26.3. The molecule has 1 aliphatic heterocycles. The molecule has 1 aromatic rings. The Hall–Kier alpha value is -1.60. The molecule has 2 amide bonds. The number of ether oxygens (including phenoxy) is 1. The van der Waals surface area contributed by atoms with E-state index in [-0.39, 0.29) is 25.3 Å². The van der Waals surface area contributed by atoms with Crippen LogP contribution in [0.2, 0.25) is 0 Å². The summed E-state index contributed by atoms with van der Waals surface area (Å²) in [5, 5.41) is 14.1. The minimum absolute atomic E-state index is 0.0663. The van der Waals surface area contributed by atoms with Crippen LogP contribution in [-0.4, -0.2) is 48.3 Å². The fourth-order valence-corrected chi connectivity index (χ4v) is 3.06. The van der Waals surface area contributed by atoms with Gasteiger partial charge in [0.25, 0.3) is 0 Å². The standard InChI is InChI=1S/C14H20N2O4S/c1-9(10-5-4-6-21-10)16(3)13(19)15-11-7-20-8-14(11,2)12(17)18/h4-6,9,11H,7-8H2,1-3H3,(H,15,19)(H,17,18). The van der Waals surface area contributed by atoms with E-state index in [4.69, 9.17) is 4.74 Å². The van der Waals surface area contributed by atoms with Crippen LogP contribution in [0.5, 0.6) is 0 Å². The van der Waals surface area contributed by atoms with Gasteiger partial charge in [-0.2, -0.15) is 0 Å². The zero-order valence-corrected chi connectivity index (χ0v) is 13.1. The molecule has 3 unspecified atom stereocenters. The van der Waals surface area contributed by atoms with Crippen molar-refractivity contribution in [2.45, 2.75) is 25.9 Å². The number of amides is 2. The topological polar surface area (TPSA) is 78.9 Å². The summed E-state index contributed by atoms with van der Waals surface area (Å²) in [6.45, 7) is 3.86.